The number of likely N-dealkylation sites (tertiary alicyclic amines) is 1. The highest BCUT2D eigenvalue weighted by atomic mass is 16.4. The van der Waals surface area contributed by atoms with Gasteiger partial charge in [-0.2, -0.15) is 0 Å². The summed E-state index contributed by atoms with van der Waals surface area (Å²) in [6.45, 7) is 8.62. The highest BCUT2D eigenvalue weighted by molar-refractivity contribution is 5.83. The molecule has 2 aliphatic carbocycles. The maximum atomic E-state index is 11.3. The highest BCUT2D eigenvalue weighted by Gasteiger charge is 2.43. The van der Waals surface area contributed by atoms with Gasteiger partial charge in [-0.25, -0.2) is 4.98 Å². The Morgan fingerprint density at radius 2 is 1.70 bits per heavy atom. The van der Waals surface area contributed by atoms with Gasteiger partial charge in [0.05, 0.1) is 11.7 Å². The number of pyridine rings is 1. The van der Waals surface area contributed by atoms with Crippen LogP contribution < -0.4 is 5.73 Å². The molecular weight excluding hydrogens is 548 g/mol. The first kappa shape index (κ1) is 36.7. The quantitative estimate of drug-likeness (QED) is 0.143. The molecule has 7 nitrogen and oxygen atoms in total. The minimum Gasteiger partial charge on any atom is -0.441 e. The Labute approximate surface area is 265 Å². The highest BCUT2D eigenvalue weighted by Crippen LogP contribution is 2.53. The van der Waals surface area contributed by atoms with E-state index >= 15 is 0 Å². The van der Waals surface area contributed by atoms with Crippen LogP contribution in [0.25, 0.3) is 22.2 Å². The molecule has 1 aromatic carbocycles. The van der Waals surface area contributed by atoms with E-state index in [0.29, 0.717) is 18.1 Å². The molecule has 3 heterocycles. The average molecular weight is 603 g/mol. The van der Waals surface area contributed by atoms with E-state index in [0.717, 1.165) is 72.1 Å². The van der Waals surface area contributed by atoms with Crippen molar-refractivity contribution < 1.29 is 14.0 Å². The average Bonchev–Trinajstić information content (AvgIpc) is 4.01. The molecule has 2 N–H and O–H groups in total. The second kappa shape index (κ2) is 19.7. The molecular formula is C37H54N4O3. The predicted octanol–water partition coefficient (Wildman–Crippen LogP) is 8.11. The van der Waals surface area contributed by atoms with Gasteiger partial charge in [0.1, 0.15) is 5.78 Å². The lowest BCUT2D eigenvalue weighted by Gasteiger charge is -2.28. The minimum absolute atomic E-state index is 0.250. The van der Waals surface area contributed by atoms with E-state index < -0.39 is 0 Å². The zero-order valence-corrected chi connectivity index (χ0v) is 27.5. The summed E-state index contributed by atoms with van der Waals surface area (Å²) >= 11 is 0. The number of oxazole rings is 1. The van der Waals surface area contributed by atoms with Crippen LogP contribution in [-0.2, 0) is 16.0 Å². The fraction of sp³-hybridized carbons (Fsp3) is 0.568. The van der Waals surface area contributed by atoms with Crippen LogP contribution in [0.4, 0.5) is 0 Å². The number of piperidine rings is 1. The van der Waals surface area contributed by atoms with Gasteiger partial charge in [-0.3, -0.25) is 14.6 Å². The molecule has 0 unspecified atom stereocenters. The Kier molecular flexibility index (Phi) is 16.4. The van der Waals surface area contributed by atoms with Crippen LogP contribution in [0, 0.1) is 18.3 Å². The summed E-state index contributed by atoms with van der Waals surface area (Å²) in [5, 5.41) is 1.14. The topological polar surface area (TPSA) is 102 Å². The number of ketones is 1. The van der Waals surface area contributed by atoms with E-state index in [1.54, 1.807) is 0 Å². The van der Waals surface area contributed by atoms with Crippen LogP contribution in [0.1, 0.15) is 115 Å². The van der Waals surface area contributed by atoms with Crippen LogP contribution in [-0.4, -0.2) is 47.2 Å². The minimum atomic E-state index is 0.250. The molecule has 0 bridgehead atoms. The van der Waals surface area contributed by atoms with E-state index in [-0.39, 0.29) is 6.41 Å². The van der Waals surface area contributed by atoms with E-state index in [1.165, 1.54) is 57.3 Å². The molecule has 2 saturated carbocycles. The molecule has 7 heteroatoms. The summed E-state index contributed by atoms with van der Waals surface area (Å²) in [6, 6.07) is 10.6. The number of nitrogens with two attached hydrogens (primary N) is 1. The van der Waals surface area contributed by atoms with Gasteiger partial charge in [-0.15, -0.1) is 12.8 Å². The monoisotopic (exact) mass is 602 g/mol. The first-order chi connectivity index (χ1) is 21.4. The molecule has 3 aliphatic rings. The lowest BCUT2D eigenvalue weighted by atomic mass is 9.94. The van der Waals surface area contributed by atoms with Crippen molar-refractivity contribution in [2.45, 2.75) is 110 Å². The Hall–Kier alpha value is -3.50. The number of carbonyl (C=O) groups is 2. The molecule has 0 atom stereocenters. The fourth-order valence-corrected chi connectivity index (χ4v) is 5.36. The van der Waals surface area contributed by atoms with E-state index in [1.807, 2.05) is 27.0 Å². The van der Waals surface area contributed by atoms with Crippen LogP contribution >= 0.6 is 0 Å². The molecule has 240 valence electrons. The van der Waals surface area contributed by atoms with Crippen molar-refractivity contribution in [2.24, 2.45) is 11.1 Å². The van der Waals surface area contributed by atoms with Crippen molar-refractivity contribution in [1.82, 2.24) is 14.9 Å². The van der Waals surface area contributed by atoms with Gasteiger partial charge < -0.3 is 15.1 Å². The first-order valence-corrected chi connectivity index (χ1v) is 16.5. The number of fused-ring (bicyclic) bond motifs is 1. The molecule has 1 amide bonds. The fourth-order valence-electron chi connectivity index (χ4n) is 5.36. The summed E-state index contributed by atoms with van der Waals surface area (Å²) in [5.41, 5.74) is 8.35. The first-order valence-electron chi connectivity index (χ1n) is 16.5. The lowest BCUT2D eigenvalue weighted by Crippen LogP contribution is -2.30. The molecule has 1 aliphatic heterocycles. The third-order valence-electron chi connectivity index (χ3n) is 8.54. The predicted molar refractivity (Wildman–Crippen MR) is 181 cm³/mol. The Morgan fingerprint density at radius 3 is 2.32 bits per heavy atom. The lowest BCUT2D eigenvalue weighted by molar-refractivity contribution is -0.118. The van der Waals surface area contributed by atoms with Gasteiger partial charge in [-0.05, 0) is 101 Å². The number of Topliss-reactive ketones (excluding diaryl/α,β-unsaturated/α-hetero) is 1. The maximum absolute atomic E-state index is 11.3. The second-order valence-corrected chi connectivity index (χ2v) is 11.8. The Balaban J connectivity index is 0.000000348. The van der Waals surface area contributed by atoms with Gasteiger partial charge in [0.2, 0.25) is 6.41 Å². The van der Waals surface area contributed by atoms with Gasteiger partial charge >= 0.3 is 0 Å². The van der Waals surface area contributed by atoms with Gasteiger partial charge in [0, 0.05) is 41.8 Å². The Bertz CT molecular complexity index is 1280. The normalized spacial score (nSPS) is 16.0. The van der Waals surface area contributed by atoms with Crippen molar-refractivity contribution >= 4 is 23.1 Å². The largest absolute Gasteiger partial charge is 0.441 e. The number of aryl methyl sites for hydroxylation is 1. The molecule has 44 heavy (non-hydrogen) atoms. The SMILES string of the molecule is C#C.CC.CCC(=O)CCCCCCc1ncc(-c2ccc3nc(C4CC4)ccc3c2)o1.CN1CCC2(CC1)CC2.NC=O. The van der Waals surface area contributed by atoms with Gasteiger partial charge in [-0.1, -0.05) is 39.7 Å². The molecule has 6 rings (SSSR count). The van der Waals surface area contributed by atoms with Crippen molar-refractivity contribution in [3.8, 4) is 24.2 Å². The maximum Gasteiger partial charge on any atom is 0.204 e. The zero-order chi connectivity index (χ0) is 32.4. The van der Waals surface area contributed by atoms with Crippen molar-refractivity contribution in [1.29, 1.82) is 0 Å². The third kappa shape index (κ3) is 12.2. The standard InChI is InChI=1S/C24H28N2O2.C8H15N.C2H6.C2H2.CH3NO/c1-2-20(27)7-5-3-4-6-8-24-25-16-23(28-24)19-12-14-22-18(15-19)11-13-21(26-22)17-9-10-17;1-9-6-4-8(2-3-8)5-7-9;2*1-2;2-1-3/h11-17H,2-10H2,1H3;2-7H2,1H3;1-2H3;1-2H;1H,(H2,2,3). The van der Waals surface area contributed by atoms with E-state index in [4.69, 9.17) is 14.2 Å². The van der Waals surface area contributed by atoms with E-state index in [2.05, 4.69) is 65.8 Å². The molecule has 1 spiro atoms. The number of rotatable bonds is 10. The second-order valence-electron chi connectivity index (χ2n) is 11.8. The molecule has 2 aromatic heterocycles. The number of hydrogen-bond acceptors (Lipinski definition) is 6. The summed E-state index contributed by atoms with van der Waals surface area (Å²) in [7, 11) is 2.23. The van der Waals surface area contributed by atoms with Crippen LogP contribution in [0.2, 0.25) is 0 Å². The van der Waals surface area contributed by atoms with Crippen LogP contribution in [0.3, 0.4) is 0 Å². The molecule has 3 aromatic rings. The van der Waals surface area contributed by atoms with Crippen molar-refractivity contribution in [2.75, 3.05) is 20.1 Å². The number of amides is 1. The van der Waals surface area contributed by atoms with Gasteiger partial charge in [0.15, 0.2) is 11.7 Å². The van der Waals surface area contributed by atoms with Crippen molar-refractivity contribution in [3.05, 3.63) is 48.1 Å². The summed E-state index contributed by atoms with van der Waals surface area (Å²) in [4.78, 5) is 31.6. The van der Waals surface area contributed by atoms with E-state index in [9.17, 15) is 4.79 Å². The van der Waals surface area contributed by atoms with Crippen LogP contribution in [0.5, 0.6) is 0 Å². The Morgan fingerprint density at radius 1 is 1.05 bits per heavy atom. The summed E-state index contributed by atoms with van der Waals surface area (Å²) in [5.74, 6) is 2.65. The van der Waals surface area contributed by atoms with Crippen molar-refractivity contribution in [3.63, 3.8) is 0 Å². The van der Waals surface area contributed by atoms with Crippen LogP contribution in [0.15, 0.2) is 40.9 Å². The smallest absolute Gasteiger partial charge is 0.204 e. The van der Waals surface area contributed by atoms with Gasteiger partial charge in [0.25, 0.3) is 0 Å². The number of primary amides is 1. The number of terminal acetylenes is 1. The number of carbonyl (C=O) groups excluding carboxylic acids is 2. The number of hydrogen-bond donors (Lipinski definition) is 1. The number of aromatic nitrogens is 2. The number of unbranched alkanes of at least 4 members (excludes halogenated alkanes) is 3. The molecule has 3 fully saturated rings. The number of benzene rings is 1. The zero-order valence-electron chi connectivity index (χ0n) is 27.5. The molecule has 0 radical (unpaired) electrons. The summed E-state index contributed by atoms with van der Waals surface area (Å²) in [6.07, 6.45) is 25.1. The number of nitrogens with zero attached hydrogens (tertiary/aromatic N) is 3. The summed E-state index contributed by atoms with van der Waals surface area (Å²) < 4.78 is 5.97. The molecule has 1 saturated heterocycles. The third-order valence-corrected chi connectivity index (χ3v) is 8.54.